The van der Waals surface area contributed by atoms with Crippen LogP contribution in [0.1, 0.15) is 5.56 Å². The minimum Gasteiger partial charge on any atom is -0.434 e. The van der Waals surface area contributed by atoms with Gasteiger partial charge in [-0.05, 0) is 33.6 Å². The normalized spacial score (nSPS) is 10.8. The van der Waals surface area contributed by atoms with Crippen LogP contribution in [-0.4, -0.2) is 6.61 Å². The fourth-order valence-electron chi connectivity index (χ4n) is 1.57. The molecule has 0 N–H and O–H groups in total. The fourth-order valence-corrected chi connectivity index (χ4v) is 3.35. The summed E-state index contributed by atoms with van der Waals surface area (Å²) in [4.78, 5) is 0.505. The highest BCUT2D eigenvalue weighted by molar-refractivity contribution is 9.10. The van der Waals surface area contributed by atoms with Crippen LogP contribution >= 0.6 is 39.3 Å². The van der Waals surface area contributed by atoms with E-state index in [0.717, 1.165) is 5.56 Å². The van der Waals surface area contributed by atoms with Crippen molar-refractivity contribution in [2.24, 2.45) is 0 Å². The van der Waals surface area contributed by atoms with Crippen molar-refractivity contribution in [3.05, 3.63) is 57.5 Å². The number of thioether (sulfide) groups is 1. The average molecular weight is 380 g/mol. The highest BCUT2D eigenvalue weighted by atomic mass is 79.9. The predicted molar refractivity (Wildman–Crippen MR) is 81.8 cm³/mol. The molecule has 2 rings (SSSR count). The summed E-state index contributed by atoms with van der Waals surface area (Å²) < 4.78 is 30.0. The Labute approximate surface area is 133 Å². The second kappa shape index (κ2) is 7.29. The molecular weight excluding hydrogens is 370 g/mol. The summed E-state index contributed by atoms with van der Waals surface area (Å²) in [6.07, 6.45) is 0. The van der Waals surface area contributed by atoms with Gasteiger partial charge in [0.25, 0.3) is 0 Å². The molecule has 0 amide bonds. The van der Waals surface area contributed by atoms with Gasteiger partial charge in [0.2, 0.25) is 0 Å². The molecule has 0 atom stereocenters. The van der Waals surface area contributed by atoms with E-state index in [-0.39, 0.29) is 5.75 Å². The van der Waals surface area contributed by atoms with E-state index in [4.69, 9.17) is 11.6 Å². The second-order valence-corrected chi connectivity index (χ2v) is 6.06. The Kier molecular flexibility index (Phi) is 5.69. The van der Waals surface area contributed by atoms with Crippen molar-refractivity contribution in [2.45, 2.75) is 17.3 Å². The highest BCUT2D eigenvalue weighted by Crippen LogP contribution is 2.42. The summed E-state index contributed by atoms with van der Waals surface area (Å²) in [6, 6.07) is 12.8. The quantitative estimate of drug-likeness (QED) is 0.590. The first-order valence-electron chi connectivity index (χ1n) is 5.67. The highest BCUT2D eigenvalue weighted by Gasteiger charge is 2.15. The molecule has 0 fully saturated rings. The molecule has 0 aliphatic carbocycles. The van der Waals surface area contributed by atoms with Gasteiger partial charge in [-0.1, -0.05) is 41.9 Å². The average Bonchev–Trinajstić information content (AvgIpc) is 2.43. The Balaban J connectivity index is 2.22. The van der Waals surface area contributed by atoms with Gasteiger partial charge in [-0.15, -0.1) is 11.8 Å². The van der Waals surface area contributed by atoms with Gasteiger partial charge in [-0.3, -0.25) is 0 Å². The molecule has 2 aromatic carbocycles. The van der Waals surface area contributed by atoms with Crippen molar-refractivity contribution in [1.29, 1.82) is 0 Å². The van der Waals surface area contributed by atoms with E-state index in [1.807, 2.05) is 30.3 Å². The van der Waals surface area contributed by atoms with Gasteiger partial charge in [-0.25, -0.2) is 0 Å². The van der Waals surface area contributed by atoms with Gasteiger partial charge in [-0.2, -0.15) is 8.78 Å². The minimum atomic E-state index is -2.87. The molecule has 0 saturated carbocycles. The summed E-state index contributed by atoms with van der Waals surface area (Å²) in [5, 5.41) is 0.379. The topological polar surface area (TPSA) is 9.23 Å². The molecule has 0 heterocycles. The summed E-state index contributed by atoms with van der Waals surface area (Å²) in [5.41, 5.74) is 1.08. The summed E-state index contributed by atoms with van der Waals surface area (Å²) in [7, 11) is 0. The first-order valence-corrected chi connectivity index (χ1v) is 7.83. The zero-order valence-electron chi connectivity index (χ0n) is 10.2. The molecule has 20 heavy (non-hydrogen) atoms. The summed E-state index contributed by atoms with van der Waals surface area (Å²) in [5.74, 6) is 0.713. The molecule has 0 saturated heterocycles. The van der Waals surface area contributed by atoms with E-state index >= 15 is 0 Å². The zero-order valence-corrected chi connectivity index (χ0v) is 13.3. The van der Waals surface area contributed by atoms with Gasteiger partial charge in [0, 0.05) is 10.2 Å². The number of benzene rings is 2. The smallest absolute Gasteiger partial charge is 0.387 e. The summed E-state index contributed by atoms with van der Waals surface area (Å²) in [6.45, 7) is -2.87. The van der Waals surface area contributed by atoms with Crippen molar-refractivity contribution < 1.29 is 13.5 Å². The van der Waals surface area contributed by atoms with E-state index in [0.29, 0.717) is 20.1 Å². The van der Waals surface area contributed by atoms with Crippen LogP contribution in [0, 0.1) is 0 Å². The lowest BCUT2D eigenvalue weighted by molar-refractivity contribution is -0.0516. The Morgan fingerprint density at radius 3 is 2.50 bits per heavy atom. The number of hydrogen-bond acceptors (Lipinski definition) is 2. The van der Waals surface area contributed by atoms with E-state index in [1.165, 1.54) is 17.8 Å². The Bertz CT molecular complexity index is 581. The van der Waals surface area contributed by atoms with Crippen LogP contribution in [0.5, 0.6) is 5.75 Å². The number of ether oxygens (including phenoxy) is 1. The van der Waals surface area contributed by atoms with Crippen molar-refractivity contribution in [2.75, 3.05) is 0 Å². The van der Waals surface area contributed by atoms with Crippen molar-refractivity contribution >= 4 is 39.3 Å². The molecule has 106 valence electrons. The van der Waals surface area contributed by atoms with Crippen molar-refractivity contribution in [3.63, 3.8) is 0 Å². The molecule has 0 aliphatic rings. The number of rotatable bonds is 5. The van der Waals surface area contributed by atoms with Crippen LogP contribution in [0.4, 0.5) is 8.78 Å². The van der Waals surface area contributed by atoms with Crippen LogP contribution in [0.15, 0.2) is 51.8 Å². The van der Waals surface area contributed by atoms with Crippen LogP contribution in [0.25, 0.3) is 0 Å². The van der Waals surface area contributed by atoms with Crippen molar-refractivity contribution in [1.82, 2.24) is 0 Å². The van der Waals surface area contributed by atoms with Gasteiger partial charge < -0.3 is 4.74 Å². The minimum absolute atomic E-state index is 0.0918. The molecule has 0 spiro atoms. The summed E-state index contributed by atoms with van der Waals surface area (Å²) >= 11 is 10.8. The van der Waals surface area contributed by atoms with E-state index in [1.54, 1.807) is 6.07 Å². The molecule has 0 aromatic heterocycles. The Morgan fingerprint density at radius 2 is 1.85 bits per heavy atom. The van der Waals surface area contributed by atoms with Crippen LogP contribution in [0.2, 0.25) is 5.02 Å². The predicted octanol–water partition coefficient (Wildman–Crippen LogP) is 6.00. The van der Waals surface area contributed by atoms with Crippen LogP contribution in [-0.2, 0) is 5.75 Å². The van der Waals surface area contributed by atoms with Gasteiger partial charge in [0.15, 0.2) is 0 Å². The molecule has 0 radical (unpaired) electrons. The standard InChI is InChI=1S/C14H10BrClF2OS/c15-10-6-7-11(19-14(17)18)13(12(10)16)20-8-9-4-2-1-3-5-9/h1-7,14H,8H2. The lowest BCUT2D eigenvalue weighted by Gasteiger charge is -2.13. The number of halogens is 4. The second-order valence-electron chi connectivity index (χ2n) is 3.84. The SMILES string of the molecule is FC(F)Oc1ccc(Br)c(Cl)c1SCc1ccccc1. The number of alkyl halides is 2. The lowest BCUT2D eigenvalue weighted by atomic mass is 10.2. The first-order chi connectivity index (χ1) is 9.58. The maximum Gasteiger partial charge on any atom is 0.387 e. The first kappa shape index (κ1) is 15.6. The van der Waals surface area contributed by atoms with Crippen LogP contribution < -0.4 is 4.74 Å². The fraction of sp³-hybridized carbons (Fsp3) is 0.143. The van der Waals surface area contributed by atoms with E-state index < -0.39 is 6.61 Å². The van der Waals surface area contributed by atoms with E-state index in [2.05, 4.69) is 20.7 Å². The molecular formula is C14H10BrClF2OS. The largest absolute Gasteiger partial charge is 0.434 e. The third kappa shape index (κ3) is 4.11. The van der Waals surface area contributed by atoms with E-state index in [9.17, 15) is 8.78 Å². The Morgan fingerprint density at radius 1 is 1.15 bits per heavy atom. The third-order valence-corrected chi connectivity index (χ3v) is 5.02. The maximum atomic E-state index is 12.4. The number of hydrogen-bond donors (Lipinski definition) is 0. The molecule has 6 heteroatoms. The maximum absolute atomic E-state index is 12.4. The lowest BCUT2D eigenvalue weighted by Crippen LogP contribution is -2.03. The molecule has 0 bridgehead atoms. The molecule has 2 aromatic rings. The van der Waals surface area contributed by atoms with Gasteiger partial charge >= 0.3 is 6.61 Å². The molecule has 0 aliphatic heterocycles. The van der Waals surface area contributed by atoms with Gasteiger partial charge in [0.05, 0.1) is 9.92 Å². The monoisotopic (exact) mass is 378 g/mol. The molecule has 1 nitrogen and oxygen atoms in total. The third-order valence-electron chi connectivity index (χ3n) is 2.46. The molecule has 0 unspecified atom stereocenters. The Hall–Kier alpha value is -0.780. The van der Waals surface area contributed by atoms with Crippen LogP contribution in [0.3, 0.4) is 0 Å². The zero-order chi connectivity index (χ0) is 14.5. The van der Waals surface area contributed by atoms with Crippen molar-refractivity contribution in [3.8, 4) is 5.75 Å². The van der Waals surface area contributed by atoms with Gasteiger partial charge in [0.1, 0.15) is 5.75 Å².